The molecule has 140 heavy (non-hydrogen) atoms. The van der Waals surface area contributed by atoms with E-state index in [1.807, 2.05) is 164 Å². The summed E-state index contributed by atoms with van der Waals surface area (Å²) in [6.45, 7) is -3.54. The Hall–Kier alpha value is -12.3. The summed E-state index contributed by atoms with van der Waals surface area (Å²) < 4.78 is 246. The molecule has 11 aromatic heterocycles. The van der Waals surface area contributed by atoms with E-state index < -0.39 is 77.1 Å². The molecule has 1 unspecified atom stereocenters. The van der Waals surface area contributed by atoms with Crippen molar-refractivity contribution in [1.82, 2.24) is 34.9 Å². The van der Waals surface area contributed by atoms with Crippen LogP contribution in [0.1, 0.15) is 153 Å². The average Bonchev–Trinajstić information content (AvgIpc) is 1.05. The summed E-state index contributed by atoms with van der Waals surface area (Å²) in [5.74, 6) is 0.600. The normalized spacial score (nSPS) is 16.7. The Kier molecular flexibility index (Phi) is 28.3. The van der Waals surface area contributed by atoms with Gasteiger partial charge in [-0.1, -0.05) is 246 Å². The van der Waals surface area contributed by atoms with Crippen LogP contribution in [-0.2, 0) is 80.4 Å². The van der Waals surface area contributed by atoms with Gasteiger partial charge in [-0.25, -0.2) is 28.4 Å². The van der Waals surface area contributed by atoms with E-state index in [0.29, 0.717) is 22.9 Å². The molecule has 0 amide bonds. The minimum absolute atomic E-state index is 0. The first-order valence-electron chi connectivity index (χ1n) is 59.4. The number of aromatic nitrogens is 7. The van der Waals surface area contributed by atoms with Crippen LogP contribution < -0.4 is 9.75 Å². The molecule has 3 radical (unpaired) electrons. The topological polar surface area (TPSA) is 113 Å². The van der Waals surface area contributed by atoms with Crippen molar-refractivity contribution in [3.63, 3.8) is 0 Å². The van der Waals surface area contributed by atoms with Crippen LogP contribution in [0.5, 0.6) is 0 Å². The summed E-state index contributed by atoms with van der Waals surface area (Å²) in [6, 6.07) is 82.8. The first kappa shape index (κ1) is 71.2. The predicted octanol–water partition coefficient (Wildman–Crippen LogP) is 32.2. The zero-order chi connectivity index (χ0) is 121. The first-order valence-corrected chi connectivity index (χ1v) is 46.4. The van der Waals surface area contributed by atoms with Crippen molar-refractivity contribution in [3.8, 4) is 33.8 Å². The Labute approximate surface area is 939 Å². The molecule has 707 valence electrons. The molecule has 9 aromatic carbocycles. The summed E-state index contributed by atoms with van der Waals surface area (Å²) in [7, 11) is -1.42. The molecule has 20 aromatic rings. The summed E-state index contributed by atoms with van der Waals surface area (Å²) >= 11 is 6.72. The van der Waals surface area contributed by atoms with E-state index in [-0.39, 0.29) is 186 Å². The van der Waals surface area contributed by atoms with Crippen LogP contribution in [0.25, 0.3) is 133 Å². The molecule has 11 heterocycles. The maximum absolute atomic E-state index is 9.93. The van der Waals surface area contributed by atoms with Gasteiger partial charge in [-0.15, -0.1) is 155 Å². The van der Waals surface area contributed by atoms with Gasteiger partial charge in [-0.05, 0) is 190 Å². The van der Waals surface area contributed by atoms with Crippen molar-refractivity contribution in [2.45, 2.75) is 93.0 Å². The van der Waals surface area contributed by atoms with E-state index in [9.17, 15) is 5.41 Å². The second kappa shape index (κ2) is 55.6. The van der Waals surface area contributed by atoms with Crippen molar-refractivity contribution in [2.24, 2.45) is 5.92 Å². The maximum atomic E-state index is 9.93. The third kappa shape index (κ3) is 29.4. The van der Waals surface area contributed by atoms with Crippen molar-refractivity contribution >= 4 is 144 Å². The van der Waals surface area contributed by atoms with Gasteiger partial charge >= 0.3 is 20.1 Å². The molecule has 4 aliphatic rings. The number of rotatable bonds is 10. The molecule has 16 heteroatoms. The fourth-order valence-electron chi connectivity index (χ4n) is 14.7. The molecule has 0 aliphatic heterocycles. The Bertz CT molecular complexity index is 9310. The van der Waals surface area contributed by atoms with Gasteiger partial charge in [-0.2, -0.15) is 95.0 Å². The fraction of sp³-hybridized carbons (Fsp3) is 0.121. The van der Waals surface area contributed by atoms with Gasteiger partial charge < -0.3 is 35.3 Å². The van der Waals surface area contributed by atoms with Crippen LogP contribution in [0.2, 0.25) is 0 Å². The molecule has 8 nitrogen and oxygen atoms in total. The number of hydrogen-bond acceptors (Lipinski definition) is 11. The van der Waals surface area contributed by atoms with Gasteiger partial charge in [0.1, 0.15) is 0 Å². The molecule has 0 spiro atoms. The zero-order valence-electron chi connectivity index (χ0n) is 107. The Balaban J connectivity index is 0.000000181. The minimum Gasteiger partial charge on any atom is -0.855 e. The van der Waals surface area contributed by atoms with E-state index in [0.717, 1.165) is 115 Å². The summed E-state index contributed by atoms with van der Waals surface area (Å²) in [5.41, 5.74) is 9.52. The Morgan fingerprint density at radius 3 is 1.76 bits per heavy atom. The summed E-state index contributed by atoms with van der Waals surface area (Å²) in [5, 5.41) is 19.5. The van der Waals surface area contributed by atoms with E-state index in [1.165, 1.54) is 98.0 Å². The second-order valence-corrected chi connectivity index (χ2v) is 34.6. The third-order valence-corrected chi connectivity index (χ3v) is 26.0. The fourth-order valence-corrected chi connectivity index (χ4v) is 19.5. The predicted molar refractivity (Wildman–Crippen MR) is 583 cm³/mol. The maximum Gasteiger partial charge on any atom is 3.00 e. The SMILES string of the molecule is C=C(/C=C\C(=[N-])c1[c-]cccc1)C1CCCCC1.Cc1ccnc(-c2[c-]cccc2)c1.[2H]C([2H])([2H])c1ccc(C2=CC=CC[CH-]2)nc1.[2H]C([2H])[2H].[2H]C1=C(c2nc([2H])c(C([2H])([2H])[2H])c([2H])c2[2H])[CH-]C([2H])C([2H])=C1[2H].[2H]c1c(C([2H])([2H])[2H])cnc(-c2[c-]ccc3c2sc2ccccc23)c1[2H].[2H]c1c(C([2H])([2H])[2H])cnc(C2=c3sc4ccccc4c3=CC[CH-]2)c1[2H].[2H]c1ccnc(-c2[c-]ccc3c2sc2ccccc23)c1[2H].[2H]c1cnc([2H])c([2H])c1[2H].[Ir+3].[Ir].[Ir].[Ir].[c-]1ccc2c(c1)sc1ccccc12. The van der Waals surface area contributed by atoms with Crippen molar-refractivity contribution in [3.05, 3.63) is 510 Å². The van der Waals surface area contributed by atoms with E-state index in [2.05, 4.69) is 164 Å². The number of pyridine rings is 7. The number of hydrogen-bond donors (Lipinski definition) is 0. The largest absolute Gasteiger partial charge is 3.00 e. The minimum atomic E-state index is -2.77. The monoisotopic (exact) mass is 2640 g/mol. The van der Waals surface area contributed by atoms with Crippen LogP contribution in [-0.4, -0.2) is 40.6 Å². The summed E-state index contributed by atoms with van der Waals surface area (Å²) in [6.07, 6.45) is 31.3. The molecule has 4 aliphatic carbocycles. The van der Waals surface area contributed by atoms with Crippen LogP contribution >= 0.6 is 45.3 Å². The van der Waals surface area contributed by atoms with Crippen molar-refractivity contribution in [2.75, 3.05) is 0 Å². The van der Waals surface area contributed by atoms with Crippen LogP contribution in [0.4, 0.5) is 0 Å². The zero-order valence-corrected chi connectivity index (χ0v) is 87.7. The average molecular weight is 2640 g/mol. The van der Waals surface area contributed by atoms with Gasteiger partial charge in [0.25, 0.3) is 0 Å². The van der Waals surface area contributed by atoms with Crippen LogP contribution in [0.15, 0.2) is 395 Å². The number of fused-ring (bicyclic) bond motifs is 12. The van der Waals surface area contributed by atoms with Gasteiger partial charge in [0, 0.05) is 152 Å². The molecular weight excluding hydrogens is 2500 g/mol. The quantitative estimate of drug-likeness (QED) is 0.0761. The van der Waals surface area contributed by atoms with E-state index in [4.69, 9.17) is 43.9 Å². The summed E-state index contributed by atoms with van der Waals surface area (Å²) in [4.78, 5) is 28.3. The molecule has 1 fully saturated rings. The molecule has 1 atom stereocenters. The molecule has 0 saturated heterocycles. The smallest absolute Gasteiger partial charge is 0.855 e. The van der Waals surface area contributed by atoms with Gasteiger partial charge in [0.2, 0.25) is 0 Å². The number of allylic oxidation sites excluding steroid dienone is 11. The number of nitrogens with zero attached hydrogens (tertiary/aromatic N) is 8. The molecular formula is C124H105Ir4N8S4-6. The van der Waals surface area contributed by atoms with E-state index >= 15 is 0 Å². The van der Waals surface area contributed by atoms with Crippen LogP contribution in [0.3, 0.4) is 0 Å². The first-order chi connectivity index (χ1) is 80.0. The van der Waals surface area contributed by atoms with Gasteiger partial charge in [0.05, 0.1) is 19.2 Å². The second-order valence-electron chi connectivity index (χ2n) is 30.3. The van der Waals surface area contributed by atoms with Gasteiger partial charge in [0.15, 0.2) is 0 Å². The van der Waals surface area contributed by atoms with Crippen molar-refractivity contribution < 1.29 is 124 Å². The number of aryl methyl sites for hydroxylation is 4. The van der Waals surface area contributed by atoms with E-state index in [1.54, 1.807) is 70.5 Å². The Morgan fingerprint density at radius 2 is 1.11 bits per heavy atom. The molecule has 24 rings (SSSR count). The standard InChI is InChI=1S/C18H14NS.C18H12NS.C17H10NS.C17H19N.C12H10N.2C12H12N.C12H7S.C5H5N.CH4.4Ir/c2*1-12-9-10-16(19-11-12)15-7-4-6-14-13-5-2-3-8-17(13)20-18(14)15;1-2-10-16-12(6-1)13-7-5-8-14(17(13)19-16)15-9-3-4-11-18-15;1-14(15-8-4-2-5-9-15)12-13-17(18)16-10-6-3-7-11-16;1-10-7-8-13-12(9-10)11-5-3-2-4-6-11;2*1-10-7-8-12(13-9-10)11-5-3-2-4-6-11;1-3-7-11-9(5-1)10-6-2-4-8-12(10)13-11;1-2-4-6-5-3-1;;;;;/h2-3,5-11H,4H2,1H3;2-6,8-11H,1H3;1-7,9-11H;3,6-7,10,12-13,15H,1-2,4-5,8-9H2;2-5,7-9H,1H3;2*2-3,5-9H,4H2,1H3;1-3,5-8H;1-5H;1H4;;;;/q3*-1;-2;4*-1;;;;;;+3/b;;;13-12-;;;;;;;;;;/i2*1D3,9D,10D;3D,9D;;;1D3,2D,3D,4D,5D,7D,8D,9D;1D3;;1D,2D,3D,4D;1D3;;;;. The Morgan fingerprint density at radius 1 is 0.500 bits per heavy atom. The molecule has 0 N–H and O–H groups in total. The molecule has 1 saturated carbocycles. The molecule has 0 bridgehead atoms. The number of benzene rings is 9. The van der Waals surface area contributed by atoms with Crippen LogP contribution in [0, 0.1) is 89.8 Å². The van der Waals surface area contributed by atoms with Gasteiger partial charge in [-0.3, -0.25) is 4.98 Å². The third-order valence-electron chi connectivity index (χ3n) is 21.2. The number of thiophene rings is 4. The van der Waals surface area contributed by atoms with Crippen molar-refractivity contribution in [1.29, 1.82) is 0 Å².